The van der Waals surface area contributed by atoms with Crippen LogP contribution in [-0.4, -0.2) is 74.1 Å². The highest BCUT2D eigenvalue weighted by Crippen LogP contribution is 2.43. The van der Waals surface area contributed by atoms with Crippen molar-refractivity contribution in [3.8, 4) is 0 Å². The smallest absolute Gasteiger partial charge is 0.458 e. The Kier molecular flexibility index (Phi) is 7.73. The van der Waals surface area contributed by atoms with Gasteiger partial charge < -0.3 is 19.2 Å². The maximum Gasteiger partial charge on any atom is 0.472 e. The molecule has 0 saturated carbocycles. The highest BCUT2D eigenvalue weighted by Gasteiger charge is 2.25. The third kappa shape index (κ3) is 11.1. The quantitative estimate of drug-likeness (QED) is 0.344. The number of nitrogens with zero attached hydrogens (tertiary/aromatic N) is 1. The first-order chi connectivity index (χ1) is 8.56. The lowest BCUT2D eigenvalue weighted by atomic mass is 10.4. The maximum absolute atomic E-state index is 11.5. The average molecular weight is 300 g/mol. The molecule has 0 rings (SSSR count). The summed E-state index contributed by atoms with van der Waals surface area (Å²) >= 11 is 0. The van der Waals surface area contributed by atoms with Crippen LogP contribution in [0.4, 0.5) is 0 Å². The van der Waals surface area contributed by atoms with E-state index in [1.165, 1.54) is 6.92 Å². The van der Waals surface area contributed by atoms with Crippen molar-refractivity contribution < 1.29 is 37.6 Å². The third-order valence-electron chi connectivity index (χ3n) is 1.98. The molecule has 0 amide bonds. The van der Waals surface area contributed by atoms with Gasteiger partial charge in [-0.1, -0.05) is 0 Å². The van der Waals surface area contributed by atoms with Gasteiger partial charge in [0.15, 0.2) is 0 Å². The Labute approximate surface area is 113 Å². The largest absolute Gasteiger partial charge is 0.472 e. The SMILES string of the molecule is CC(=O)O[C@H](CO)COP(=O)(O)OCC[N+](C)(C)C. The lowest BCUT2D eigenvalue weighted by Crippen LogP contribution is -2.37. The van der Waals surface area contributed by atoms with E-state index in [1.54, 1.807) is 0 Å². The highest BCUT2D eigenvalue weighted by atomic mass is 31.2. The van der Waals surface area contributed by atoms with Crippen molar-refractivity contribution in [1.29, 1.82) is 0 Å². The van der Waals surface area contributed by atoms with E-state index >= 15 is 0 Å². The van der Waals surface area contributed by atoms with Crippen molar-refractivity contribution in [2.24, 2.45) is 0 Å². The molecule has 0 aromatic carbocycles. The summed E-state index contributed by atoms with van der Waals surface area (Å²) in [5.41, 5.74) is 0. The van der Waals surface area contributed by atoms with Crippen LogP contribution in [0.3, 0.4) is 0 Å². The van der Waals surface area contributed by atoms with Gasteiger partial charge in [0.05, 0.1) is 34.4 Å². The second kappa shape index (κ2) is 7.94. The molecule has 114 valence electrons. The normalized spacial score (nSPS) is 16.7. The van der Waals surface area contributed by atoms with E-state index in [-0.39, 0.29) is 6.61 Å². The fourth-order valence-corrected chi connectivity index (χ4v) is 1.74. The minimum absolute atomic E-state index is 0.0502. The van der Waals surface area contributed by atoms with Crippen molar-refractivity contribution >= 4 is 13.8 Å². The third-order valence-corrected chi connectivity index (χ3v) is 2.96. The molecular weight excluding hydrogens is 277 g/mol. The lowest BCUT2D eigenvalue weighted by Gasteiger charge is -2.24. The number of phosphoric ester groups is 1. The summed E-state index contributed by atoms with van der Waals surface area (Å²) in [6.45, 7) is 0.835. The number of esters is 1. The Bertz CT molecular complexity index is 328. The van der Waals surface area contributed by atoms with Crippen LogP contribution in [0.2, 0.25) is 0 Å². The molecule has 0 aromatic heterocycles. The van der Waals surface area contributed by atoms with Crippen molar-refractivity contribution in [3.63, 3.8) is 0 Å². The number of rotatable bonds is 9. The van der Waals surface area contributed by atoms with Crippen LogP contribution in [0.15, 0.2) is 0 Å². The zero-order valence-corrected chi connectivity index (χ0v) is 12.6. The molecule has 0 aliphatic rings. The molecule has 0 aliphatic carbocycles. The van der Waals surface area contributed by atoms with Gasteiger partial charge in [0.2, 0.25) is 0 Å². The van der Waals surface area contributed by atoms with Crippen molar-refractivity contribution in [2.75, 3.05) is 47.5 Å². The van der Waals surface area contributed by atoms with Crippen LogP contribution >= 0.6 is 7.82 Å². The maximum atomic E-state index is 11.5. The minimum Gasteiger partial charge on any atom is -0.458 e. The van der Waals surface area contributed by atoms with E-state index in [0.29, 0.717) is 11.0 Å². The molecule has 19 heavy (non-hydrogen) atoms. The zero-order chi connectivity index (χ0) is 15.1. The summed E-state index contributed by atoms with van der Waals surface area (Å²) < 4.78 is 26.1. The fourth-order valence-electron chi connectivity index (χ4n) is 1.00. The Morgan fingerprint density at radius 1 is 1.32 bits per heavy atom. The second-order valence-corrected chi connectivity index (χ2v) is 6.48. The van der Waals surface area contributed by atoms with E-state index in [2.05, 4.69) is 9.26 Å². The average Bonchev–Trinajstić information content (AvgIpc) is 2.21. The summed E-state index contributed by atoms with van der Waals surface area (Å²) in [5, 5.41) is 8.88. The molecule has 0 fully saturated rings. The Balaban J connectivity index is 4.07. The number of hydrogen-bond donors (Lipinski definition) is 2. The van der Waals surface area contributed by atoms with Crippen molar-refractivity contribution in [3.05, 3.63) is 0 Å². The first-order valence-corrected chi connectivity index (χ1v) is 7.26. The van der Waals surface area contributed by atoms with Gasteiger partial charge in [0.1, 0.15) is 19.3 Å². The van der Waals surface area contributed by atoms with Gasteiger partial charge in [0.25, 0.3) is 0 Å². The topological polar surface area (TPSA) is 102 Å². The fraction of sp³-hybridized carbons (Fsp3) is 0.900. The van der Waals surface area contributed by atoms with E-state index in [9.17, 15) is 14.3 Å². The molecule has 0 radical (unpaired) electrons. The number of phosphoric acid groups is 1. The van der Waals surface area contributed by atoms with Crippen LogP contribution in [0, 0.1) is 0 Å². The standard InChI is InChI=1S/C10H22NO7P/c1-9(13)18-10(7-12)8-17-19(14,15)16-6-5-11(2,3)4/h10,12H,5-8H2,1-4H3/p+1/t10-/m1/s1. The Hall–Kier alpha value is -0.500. The number of ether oxygens (including phenoxy) is 1. The van der Waals surface area contributed by atoms with Gasteiger partial charge in [-0.05, 0) is 0 Å². The van der Waals surface area contributed by atoms with Gasteiger partial charge in [-0.3, -0.25) is 13.8 Å². The van der Waals surface area contributed by atoms with Crippen molar-refractivity contribution in [2.45, 2.75) is 13.0 Å². The first kappa shape index (κ1) is 18.5. The van der Waals surface area contributed by atoms with Crippen LogP contribution in [-0.2, 0) is 23.1 Å². The van der Waals surface area contributed by atoms with Gasteiger partial charge in [0, 0.05) is 6.92 Å². The van der Waals surface area contributed by atoms with Crippen LogP contribution in [0.1, 0.15) is 6.92 Å². The molecule has 0 bridgehead atoms. The van der Waals surface area contributed by atoms with E-state index in [0.717, 1.165) is 0 Å². The number of aliphatic hydroxyl groups excluding tert-OH is 1. The molecule has 0 saturated heterocycles. The van der Waals surface area contributed by atoms with E-state index in [4.69, 9.17) is 9.63 Å². The molecule has 0 spiro atoms. The monoisotopic (exact) mass is 300 g/mol. The van der Waals surface area contributed by atoms with Gasteiger partial charge in [-0.25, -0.2) is 4.57 Å². The highest BCUT2D eigenvalue weighted by molar-refractivity contribution is 7.47. The predicted molar refractivity (Wildman–Crippen MR) is 67.3 cm³/mol. The van der Waals surface area contributed by atoms with E-state index in [1.807, 2.05) is 21.1 Å². The Morgan fingerprint density at radius 2 is 1.89 bits per heavy atom. The molecular formula is C10H23NO7P+. The summed E-state index contributed by atoms with van der Waals surface area (Å²) in [4.78, 5) is 20.0. The number of carbonyl (C=O) groups excluding carboxylic acids is 1. The molecule has 1 unspecified atom stereocenters. The summed E-state index contributed by atoms with van der Waals surface area (Å²) in [6.07, 6.45) is -0.986. The molecule has 2 N–H and O–H groups in total. The van der Waals surface area contributed by atoms with Gasteiger partial charge >= 0.3 is 13.8 Å². The molecule has 9 heteroatoms. The molecule has 8 nitrogen and oxygen atoms in total. The molecule has 0 aliphatic heterocycles. The molecule has 2 atom stereocenters. The first-order valence-electron chi connectivity index (χ1n) is 5.76. The van der Waals surface area contributed by atoms with Crippen LogP contribution in [0.5, 0.6) is 0 Å². The number of quaternary nitrogens is 1. The predicted octanol–water partition coefficient (Wildman–Crippen LogP) is -0.250. The summed E-state index contributed by atoms with van der Waals surface area (Å²) in [6, 6.07) is 0. The zero-order valence-electron chi connectivity index (χ0n) is 11.7. The second-order valence-electron chi connectivity index (χ2n) is 5.03. The summed E-state index contributed by atoms with van der Waals surface area (Å²) in [7, 11) is 1.53. The Morgan fingerprint density at radius 3 is 2.32 bits per heavy atom. The van der Waals surface area contributed by atoms with Gasteiger partial charge in [-0.15, -0.1) is 0 Å². The van der Waals surface area contributed by atoms with Crippen LogP contribution < -0.4 is 0 Å². The van der Waals surface area contributed by atoms with E-state index < -0.39 is 33.1 Å². The lowest BCUT2D eigenvalue weighted by molar-refractivity contribution is -0.870. The van der Waals surface area contributed by atoms with Gasteiger partial charge in [-0.2, -0.15) is 0 Å². The minimum atomic E-state index is -4.20. The molecule has 0 heterocycles. The van der Waals surface area contributed by atoms with Crippen molar-refractivity contribution in [1.82, 2.24) is 0 Å². The number of carbonyl (C=O) groups is 1. The number of aliphatic hydroxyl groups is 1. The number of likely N-dealkylation sites (N-methyl/N-ethyl adjacent to an activating group) is 1. The number of hydrogen-bond acceptors (Lipinski definition) is 6. The molecule has 0 aromatic rings. The van der Waals surface area contributed by atoms with Crippen LogP contribution in [0.25, 0.3) is 0 Å². The summed E-state index contributed by atoms with van der Waals surface area (Å²) in [5.74, 6) is -0.610.